The first-order valence-electron chi connectivity index (χ1n) is 3.57. The molecule has 0 radical (unpaired) electrons. The quantitative estimate of drug-likeness (QED) is 0.290. The second-order valence-electron chi connectivity index (χ2n) is 2.38. The molecule has 0 fully saturated rings. The van der Waals surface area contributed by atoms with E-state index in [4.69, 9.17) is 0 Å². The molecule has 0 aliphatic rings. The van der Waals surface area contributed by atoms with Gasteiger partial charge >= 0.3 is 29.6 Å². The molecule has 0 bridgehead atoms. The van der Waals surface area contributed by atoms with Crippen LogP contribution in [0.1, 0.15) is 13.3 Å². The van der Waals surface area contributed by atoms with Crippen molar-refractivity contribution in [2.45, 2.75) is 13.3 Å². The van der Waals surface area contributed by atoms with Crippen LogP contribution in [0.3, 0.4) is 0 Å². The molecule has 0 aromatic rings. The Kier molecular flexibility index (Phi) is 9.40. The van der Waals surface area contributed by atoms with E-state index in [-0.39, 0.29) is 57.6 Å². The van der Waals surface area contributed by atoms with Crippen LogP contribution in [-0.2, 0) is 19.0 Å². The van der Waals surface area contributed by atoms with Crippen molar-refractivity contribution in [3.63, 3.8) is 0 Å². The monoisotopic (exact) mass is 270 g/mol. The van der Waals surface area contributed by atoms with Gasteiger partial charge in [-0.15, -0.1) is 0 Å². The predicted molar refractivity (Wildman–Crippen MR) is 51.1 cm³/mol. The van der Waals surface area contributed by atoms with Gasteiger partial charge in [-0.25, -0.2) is 16.8 Å². The molecule has 0 rings (SSSR count). The molecule has 0 aliphatic heterocycles. The second-order valence-corrected chi connectivity index (χ2v) is 8.08. The molecule has 0 aromatic heterocycles. The first-order valence-corrected chi connectivity index (χ1v) is 8.31. The van der Waals surface area contributed by atoms with Crippen LogP contribution in [0.2, 0.25) is 0 Å². The first kappa shape index (κ1) is 17.6. The molecular weight excluding hydrogens is 259 g/mol. The summed E-state index contributed by atoms with van der Waals surface area (Å²) in [5, 5.41) is 0. The van der Waals surface area contributed by atoms with Crippen LogP contribution in [-0.4, -0.2) is 38.6 Å². The van der Waals surface area contributed by atoms with Crippen LogP contribution in [0.15, 0.2) is 0 Å². The average Bonchev–Trinajstić information content (AvgIpc) is 1.82. The van der Waals surface area contributed by atoms with Crippen molar-refractivity contribution in [2.75, 3.05) is 17.3 Å². The Morgan fingerprint density at radius 2 is 1.64 bits per heavy atom. The van der Waals surface area contributed by atoms with E-state index in [0.29, 0.717) is 6.42 Å². The van der Waals surface area contributed by atoms with E-state index >= 15 is 0 Å². The van der Waals surface area contributed by atoms with Gasteiger partial charge in [0.25, 0.3) is 0 Å². The minimum absolute atomic E-state index is 0. The minimum Gasteiger partial charge on any atom is -0.739 e. The number of sulfone groups is 1. The normalized spacial score (nSPS) is 12.1. The summed E-state index contributed by atoms with van der Waals surface area (Å²) in [6.07, 6.45) is 0.497. The van der Waals surface area contributed by atoms with E-state index in [1.807, 2.05) is 0 Å². The molecule has 0 N–H and O–H groups in total. The Morgan fingerprint density at radius 3 is 2.00 bits per heavy atom. The van der Waals surface area contributed by atoms with Gasteiger partial charge in [0.1, 0.15) is 9.15 Å². The maximum absolute atomic E-state index is 11.0. The molecule has 0 unspecified atom stereocenters. The number of hydrogen-bond acceptors (Lipinski definition) is 6. The zero-order chi connectivity index (χ0) is 10.5. The molecular formula is C5H11NaO5S3. The van der Waals surface area contributed by atoms with Crippen molar-refractivity contribution in [3.8, 4) is 0 Å². The number of rotatable bonds is 6. The molecule has 9 heteroatoms. The molecule has 0 spiro atoms. The Balaban J connectivity index is 0. The maximum atomic E-state index is 11.0. The van der Waals surface area contributed by atoms with Crippen LogP contribution in [0.5, 0.6) is 0 Å². The topological polar surface area (TPSA) is 91.3 Å². The summed E-state index contributed by atoms with van der Waals surface area (Å²) < 4.78 is 52.3. The Hall–Kier alpha value is 1.21. The summed E-state index contributed by atoms with van der Waals surface area (Å²) in [5.74, 6) is -0.409. The smallest absolute Gasteiger partial charge is 0.739 e. The fourth-order valence-electron chi connectivity index (χ4n) is 0.676. The van der Waals surface area contributed by atoms with Gasteiger partial charge in [0.15, 0.2) is 9.84 Å². The SMILES string of the molecule is CCCS(=O)(=O)CCSS(=O)(=O)[O-].[Na+]. The van der Waals surface area contributed by atoms with Crippen molar-refractivity contribution in [1.82, 2.24) is 0 Å². The van der Waals surface area contributed by atoms with E-state index in [9.17, 15) is 21.4 Å². The fourth-order valence-corrected chi connectivity index (χ4v) is 4.22. The predicted octanol–water partition coefficient (Wildman–Crippen LogP) is -2.99. The van der Waals surface area contributed by atoms with Gasteiger partial charge in [-0.05, 0) is 17.2 Å². The number of hydrogen-bond donors (Lipinski definition) is 0. The van der Waals surface area contributed by atoms with E-state index in [1.165, 1.54) is 0 Å². The van der Waals surface area contributed by atoms with Gasteiger partial charge in [0, 0.05) is 11.5 Å². The average molecular weight is 270 g/mol. The molecule has 0 amide bonds. The summed E-state index contributed by atoms with van der Waals surface area (Å²) in [4.78, 5) is 0. The van der Waals surface area contributed by atoms with Crippen molar-refractivity contribution in [1.29, 1.82) is 0 Å². The third kappa shape index (κ3) is 11.3. The molecule has 0 atom stereocenters. The van der Waals surface area contributed by atoms with E-state index in [1.54, 1.807) is 6.92 Å². The molecule has 14 heavy (non-hydrogen) atoms. The molecule has 0 aliphatic carbocycles. The van der Waals surface area contributed by atoms with E-state index < -0.39 is 19.0 Å². The van der Waals surface area contributed by atoms with Crippen LogP contribution in [0.25, 0.3) is 0 Å². The summed E-state index contributed by atoms with van der Waals surface area (Å²) in [6, 6.07) is 0. The van der Waals surface area contributed by atoms with Crippen molar-refractivity contribution in [2.24, 2.45) is 0 Å². The summed E-state index contributed by atoms with van der Waals surface area (Å²) >= 11 is 0. The van der Waals surface area contributed by atoms with Crippen LogP contribution in [0, 0.1) is 0 Å². The van der Waals surface area contributed by atoms with Crippen LogP contribution in [0.4, 0.5) is 0 Å². The standard InChI is InChI=1S/C5H12O5S3.Na/c1-2-4-12(6,7)5-3-11-13(8,9)10;/h2-5H2,1H3,(H,8,9,10);/q;+1/p-1. The van der Waals surface area contributed by atoms with Crippen molar-refractivity contribution in [3.05, 3.63) is 0 Å². The molecule has 80 valence electrons. The van der Waals surface area contributed by atoms with Crippen LogP contribution >= 0.6 is 10.8 Å². The van der Waals surface area contributed by atoms with Crippen molar-refractivity contribution < 1.29 is 50.9 Å². The van der Waals surface area contributed by atoms with Gasteiger partial charge < -0.3 is 4.55 Å². The Bertz CT molecular complexity index is 332. The summed E-state index contributed by atoms with van der Waals surface area (Å²) in [6.45, 7) is 1.72. The van der Waals surface area contributed by atoms with Crippen LogP contribution < -0.4 is 29.6 Å². The second kappa shape index (κ2) is 7.48. The molecule has 0 heterocycles. The van der Waals surface area contributed by atoms with Crippen molar-refractivity contribution >= 4 is 29.8 Å². The molecule has 5 nitrogen and oxygen atoms in total. The maximum Gasteiger partial charge on any atom is 1.00 e. The molecule has 0 aromatic carbocycles. The minimum atomic E-state index is -4.36. The van der Waals surface area contributed by atoms with E-state index in [0.717, 1.165) is 0 Å². The Morgan fingerprint density at radius 1 is 1.14 bits per heavy atom. The van der Waals surface area contributed by atoms with Gasteiger partial charge in [0.2, 0.25) is 0 Å². The van der Waals surface area contributed by atoms with Gasteiger partial charge in [0.05, 0.1) is 5.75 Å². The largest absolute Gasteiger partial charge is 1.00 e. The third-order valence-corrected chi connectivity index (χ3v) is 5.28. The molecule has 0 saturated heterocycles. The Labute approximate surface area is 110 Å². The summed E-state index contributed by atoms with van der Waals surface area (Å²) in [5.41, 5.74) is 0. The first-order chi connectivity index (χ1) is 5.77. The zero-order valence-electron chi connectivity index (χ0n) is 8.09. The molecule has 0 saturated carbocycles. The zero-order valence-corrected chi connectivity index (χ0v) is 12.5. The third-order valence-electron chi connectivity index (χ3n) is 1.14. The van der Waals surface area contributed by atoms with E-state index in [2.05, 4.69) is 0 Å². The van der Waals surface area contributed by atoms with Gasteiger partial charge in [-0.3, -0.25) is 0 Å². The van der Waals surface area contributed by atoms with Gasteiger partial charge in [-0.1, -0.05) is 6.92 Å². The van der Waals surface area contributed by atoms with Gasteiger partial charge in [-0.2, -0.15) is 0 Å². The summed E-state index contributed by atoms with van der Waals surface area (Å²) in [7, 11) is -7.41. The fraction of sp³-hybridized carbons (Fsp3) is 1.00.